The molecule has 0 aliphatic rings. The van der Waals surface area contributed by atoms with Gasteiger partial charge < -0.3 is 4.74 Å². The first-order chi connectivity index (χ1) is 11.0. The molecule has 2 aromatic rings. The van der Waals surface area contributed by atoms with Crippen molar-refractivity contribution in [3.05, 3.63) is 48.0 Å². The number of methoxy groups -OCH3 is 1. The van der Waals surface area contributed by atoms with E-state index in [4.69, 9.17) is 4.74 Å². The van der Waals surface area contributed by atoms with E-state index in [9.17, 15) is 9.18 Å². The number of nitrogens with zero attached hydrogens (tertiary/aromatic N) is 3. The van der Waals surface area contributed by atoms with Gasteiger partial charge in [-0.05, 0) is 37.7 Å². The molecule has 23 heavy (non-hydrogen) atoms. The largest absolute Gasteiger partial charge is 0.494 e. The minimum absolute atomic E-state index is 0.198. The number of carbonyl (C=O) groups excluding carboxylic acids is 1. The molecule has 6 nitrogen and oxygen atoms in total. The predicted molar refractivity (Wildman–Crippen MR) is 84.5 cm³/mol. The molecule has 1 amide bonds. The van der Waals surface area contributed by atoms with Crippen molar-refractivity contribution in [2.75, 3.05) is 19.5 Å². The molecule has 0 fully saturated rings. The molecule has 1 aromatic heterocycles. The lowest BCUT2D eigenvalue weighted by atomic mass is 10.1. The van der Waals surface area contributed by atoms with Gasteiger partial charge in [0.2, 0.25) is 11.9 Å². The summed E-state index contributed by atoms with van der Waals surface area (Å²) in [4.78, 5) is 21.9. The van der Waals surface area contributed by atoms with E-state index in [1.807, 2.05) is 0 Å². The van der Waals surface area contributed by atoms with Crippen LogP contribution in [-0.2, 0) is 11.3 Å². The third-order valence-corrected chi connectivity index (χ3v) is 3.49. The summed E-state index contributed by atoms with van der Waals surface area (Å²) in [5.74, 6) is -0.197. The van der Waals surface area contributed by atoms with Crippen LogP contribution in [0.1, 0.15) is 12.5 Å². The van der Waals surface area contributed by atoms with Crippen molar-refractivity contribution in [3.8, 4) is 5.75 Å². The SMILES string of the molecule is COc1ccc(CN(C)[C@H](C)C(=O)Nc2ncccn2)cc1F. The average molecular weight is 318 g/mol. The summed E-state index contributed by atoms with van der Waals surface area (Å²) in [6.07, 6.45) is 3.11. The van der Waals surface area contributed by atoms with E-state index in [-0.39, 0.29) is 17.6 Å². The molecule has 0 radical (unpaired) electrons. The third-order valence-electron chi connectivity index (χ3n) is 3.49. The maximum atomic E-state index is 13.7. The van der Waals surface area contributed by atoms with Gasteiger partial charge in [0, 0.05) is 18.9 Å². The summed E-state index contributed by atoms with van der Waals surface area (Å²) < 4.78 is 18.6. The molecule has 0 bridgehead atoms. The molecule has 1 heterocycles. The van der Waals surface area contributed by atoms with E-state index >= 15 is 0 Å². The fraction of sp³-hybridized carbons (Fsp3) is 0.312. The summed E-state index contributed by atoms with van der Waals surface area (Å²) in [5.41, 5.74) is 0.751. The van der Waals surface area contributed by atoms with Gasteiger partial charge in [-0.3, -0.25) is 15.0 Å². The second kappa shape index (κ2) is 7.64. The lowest BCUT2D eigenvalue weighted by Gasteiger charge is -2.23. The van der Waals surface area contributed by atoms with E-state index in [0.29, 0.717) is 6.54 Å². The van der Waals surface area contributed by atoms with Gasteiger partial charge in [0.1, 0.15) is 0 Å². The minimum Gasteiger partial charge on any atom is -0.494 e. The van der Waals surface area contributed by atoms with Gasteiger partial charge in [-0.15, -0.1) is 0 Å². The lowest BCUT2D eigenvalue weighted by Crippen LogP contribution is -2.39. The van der Waals surface area contributed by atoms with Gasteiger partial charge >= 0.3 is 0 Å². The van der Waals surface area contributed by atoms with Crippen LogP contribution in [0.5, 0.6) is 5.75 Å². The lowest BCUT2D eigenvalue weighted by molar-refractivity contribution is -0.120. The molecule has 0 saturated carbocycles. The number of carbonyl (C=O) groups is 1. The number of likely N-dealkylation sites (N-methyl/N-ethyl adjacent to an activating group) is 1. The predicted octanol–water partition coefficient (Wildman–Crippen LogP) is 2.08. The monoisotopic (exact) mass is 318 g/mol. The number of hydrogen-bond donors (Lipinski definition) is 1. The van der Waals surface area contributed by atoms with Gasteiger partial charge in [-0.25, -0.2) is 14.4 Å². The van der Waals surface area contributed by atoms with E-state index in [1.165, 1.54) is 13.2 Å². The number of amides is 1. The number of nitrogens with one attached hydrogen (secondary N) is 1. The number of ether oxygens (including phenoxy) is 1. The Bertz CT molecular complexity index is 666. The highest BCUT2D eigenvalue weighted by Crippen LogP contribution is 2.19. The molecule has 0 aliphatic carbocycles. The van der Waals surface area contributed by atoms with Crippen LogP contribution in [-0.4, -0.2) is 41.0 Å². The fourth-order valence-corrected chi connectivity index (χ4v) is 2.01. The van der Waals surface area contributed by atoms with Crippen molar-refractivity contribution in [2.24, 2.45) is 0 Å². The number of benzene rings is 1. The fourth-order valence-electron chi connectivity index (χ4n) is 2.01. The topological polar surface area (TPSA) is 67.3 Å². The summed E-state index contributed by atoms with van der Waals surface area (Å²) in [6, 6.07) is 5.98. The molecule has 7 heteroatoms. The van der Waals surface area contributed by atoms with Crippen molar-refractivity contribution in [1.29, 1.82) is 0 Å². The molecule has 2 rings (SSSR count). The van der Waals surface area contributed by atoms with Crippen LogP contribution >= 0.6 is 0 Å². The van der Waals surface area contributed by atoms with Crippen molar-refractivity contribution in [2.45, 2.75) is 19.5 Å². The normalized spacial score (nSPS) is 12.0. The average Bonchev–Trinajstić information content (AvgIpc) is 2.55. The maximum absolute atomic E-state index is 13.7. The highest BCUT2D eigenvalue weighted by molar-refractivity contribution is 5.92. The van der Waals surface area contributed by atoms with Gasteiger partial charge in [0.15, 0.2) is 11.6 Å². The van der Waals surface area contributed by atoms with Crippen LogP contribution in [0.4, 0.5) is 10.3 Å². The molecule has 122 valence electrons. The highest BCUT2D eigenvalue weighted by Gasteiger charge is 2.19. The third kappa shape index (κ3) is 4.46. The summed E-state index contributed by atoms with van der Waals surface area (Å²) in [6.45, 7) is 2.18. The van der Waals surface area contributed by atoms with Gasteiger partial charge in [0.25, 0.3) is 0 Å². The van der Waals surface area contributed by atoms with Crippen LogP contribution in [0.2, 0.25) is 0 Å². The molecule has 1 atom stereocenters. The molecule has 0 unspecified atom stereocenters. The molecule has 1 N–H and O–H groups in total. The Kier molecular flexibility index (Phi) is 5.59. The molecule has 0 spiro atoms. The number of aromatic nitrogens is 2. The van der Waals surface area contributed by atoms with Crippen molar-refractivity contribution < 1.29 is 13.9 Å². The first kappa shape index (κ1) is 16.8. The van der Waals surface area contributed by atoms with Crippen LogP contribution in [0.3, 0.4) is 0 Å². The second-order valence-corrected chi connectivity index (χ2v) is 5.12. The van der Waals surface area contributed by atoms with Gasteiger partial charge in [-0.2, -0.15) is 0 Å². The quantitative estimate of drug-likeness (QED) is 0.883. The Morgan fingerprint density at radius 3 is 2.70 bits per heavy atom. The highest BCUT2D eigenvalue weighted by atomic mass is 19.1. The van der Waals surface area contributed by atoms with Crippen LogP contribution in [0.15, 0.2) is 36.7 Å². The standard InChI is InChI=1S/C16H19FN4O2/c1-11(15(22)20-16-18-7-4-8-19-16)21(2)10-12-5-6-14(23-3)13(17)9-12/h4-9,11H,10H2,1-3H3,(H,18,19,20,22)/t11-/m1/s1. The number of hydrogen-bond acceptors (Lipinski definition) is 5. The summed E-state index contributed by atoms with van der Waals surface area (Å²) in [7, 11) is 3.21. The summed E-state index contributed by atoms with van der Waals surface area (Å²) >= 11 is 0. The van der Waals surface area contributed by atoms with E-state index in [0.717, 1.165) is 5.56 Å². The number of halogens is 1. The van der Waals surface area contributed by atoms with E-state index in [2.05, 4.69) is 15.3 Å². The Morgan fingerprint density at radius 2 is 2.09 bits per heavy atom. The molecular weight excluding hydrogens is 299 g/mol. The maximum Gasteiger partial charge on any atom is 0.243 e. The Balaban J connectivity index is 1.97. The number of rotatable bonds is 6. The van der Waals surface area contributed by atoms with Crippen LogP contribution in [0.25, 0.3) is 0 Å². The Morgan fingerprint density at radius 1 is 1.39 bits per heavy atom. The molecule has 1 aromatic carbocycles. The van der Waals surface area contributed by atoms with Crippen LogP contribution in [0, 0.1) is 5.82 Å². The van der Waals surface area contributed by atoms with Gasteiger partial charge in [-0.1, -0.05) is 6.07 Å². The van der Waals surface area contributed by atoms with E-state index in [1.54, 1.807) is 49.5 Å². The molecule has 0 aliphatic heterocycles. The second-order valence-electron chi connectivity index (χ2n) is 5.12. The van der Waals surface area contributed by atoms with E-state index < -0.39 is 11.9 Å². The van der Waals surface area contributed by atoms with Crippen molar-refractivity contribution in [1.82, 2.24) is 14.9 Å². The molecule has 0 saturated heterocycles. The minimum atomic E-state index is -0.427. The van der Waals surface area contributed by atoms with Gasteiger partial charge in [0.05, 0.1) is 13.2 Å². The molecular formula is C16H19FN4O2. The zero-order valence-corrected chi connectivity index (χ0v) is 13.3. The first-order valence-corrected chi connectivity index (χ1v) is 7.12. The Labute approximate surface area is 134 Å². The zero-order valence-electron chi connectivity index (χ0n) is 13.3. The van der Waals surface area contributed by atoms with Crippen molar-refractivity contribution >= 4 is 11.9 Å². The first-order valence-electron chi connectivity index (χ1n) is 7.12. The van der Waals surface area contributed by atoms with Crippen LogP contribution < -0.4 is 10.1 Å². The summed E-state index contributed by atoms with van der Waals surface area (Å²) in [5, 5.41) is 2.64. The smallest absolute Gasteiger partial charge is 0.243 e. The Hall–Kier alpha value is -2.54. The number of anilines is 1. The zero-order chi connectivity index (χ0) is 16.8. The van der Waals surface area contributed by atoms with Crippen molar-refractivity contribution in [3.63, 3.8) is 0 Å².